The van der Waals surface area contributed by atoms with Crippen molar-refractivity contribution in [3.05, 3.63) is 77.6 Å². The molecule has 2 aliphatic rings. The van der Waals surface area contributed by atoms with Crippen molar-refractivity contribution in [3.8, 4) is 17.2 Å². The van der Waals surface area contributed by atoms with Crippen LogP contribution in [0.4, 0.5) is 5.69 Å². The second-order valence-corrected chi connectivity index (χ2v) is 9.81. The van der Waals surface area contributed by atoms with E-state index in [1.165, 1.54) is 5.56 Å². The third kappa shape index (κ3) is 4.61. The molecular formula is C30H31N3O4. The van der Waals surface area contributed by atoms with Crippen LogP contribution in [0.2, 0.25) is 0 Å². The number of rotatable bonds is 7. The second-order valence-electron chi connectivity index (χ2n) is 9.81. The van der Waals surface area contributed by atoms with Gasteiger partial charge in [-0.05, 0) is 61.7 Å². The lowest BCUT2D eigenvalue weighted by molar-refractivity contribution is -0.117. The number of aryl methyl sites for hydroxylation is 3. The van der Waals surface area contributed by atoms with Gasteiger partial charge in [0.15, 0.2) is 11.5 Å². The van der Waals surface area contributed by atoms with E-state index in [2.05, 4.69) is 42.7 Å². The summed E-state index contributed by atoms with van der Waals surface area (Å²) in [5.74, 6) is 3.42. The number of imidazole rings is 1. The lowest BCUT2D eigenvalue weighted by Crippen LogP contribution is -2.25. The van der Waals surface area contributed by atoms with Crippen molar-refractivity contribution in [2.24, 2.45) is 0 Å². The van der Waals surface area contributed by atoms with Crippen LogP contribution in [-0.2, 0) is 11.3 Å². The van der Waals surface area contributed by atoms with Crippen molar-refractivity contribution in [3.63, 3.8) is 0 Å². The fourth-order valence-corrected chi connectivity index (χ4v) is 5.24. The van der Waals surface area contributed by atoms with E-state index < -0.39 is 0 Å². The van der Waals surface area contributed by atoms with E-state index in [4.69, 9.17) is 19.2 Å². The molecule has 0 bridgehead atoms. The molecule has 0 radical (unpaired) electrons. The zero-order chi connectivity index (χ0) is 25.4. The van der Waals surface area contributed by atoms with Gasteiger partial charge in [0.1, 0.15) is 24.8 Å². The highest BCUT2D eigenvalue weighted by atomic mass is 16.6. The van der Waals surface area contributed by atoms with Crippen LogP contribution < -0.4 is 19.1 Å². The van der Waals surface area contributed by atoms with E-state index in [1.807, 2.05) is 41.3 Å². The van der Waals surface area contributed by atoms with Crippen LogP contribution in [0.25, 0.3) is 11.0 Å². The lowest BCUT2D eigenvalue weighted by atomic mass is 10.1. The average Bonchev–Trinajstić information content (AvgIpc) is 3.48. The maximum absolute atomic E-state index is 13.1. The Morgan fingerprint density at radius 1 is 1.00 bits per heavy atom. The number of amides is 1. The number of hydrogen-bond donors (Lipinski definition) is 0. The summed E-state index contributed by atoms with van der Waals surface area (Å²) in [6.07, 6.45) is 1.27. The highest BCUT2D eigenvalue weighted by Gasteiger charge is 2.35. The second kappa shape index (κ2) is 9.81. The maximum atomic E-state index is 13.1. The number of hydrogen-bond acceptors (Lipinski definition) is 5. The Kier molecular flexibility index (Phi) is 6.20. The summed E-state index contributed by atoms with van der Waals surface area (Å²) in [5.41, 5.74) is 5.22. The molecule has 0 spiro atoms. The molecule has 190 valence electrons. The Morgan fingerprint density at radius 2 is 1.84 bits per heavy atom. The lowest BCUT2D eigenvalue weighted by Gasteiger charge is -2.22. The highest BCUT2D eigenvalue weighted by molar-refractivity contribution is 5.97. The zero-order valence-corrected chi connectivity index (χ0v) is 21.3. The Hall–Kier alpha value is -4.00. The Bertz CT molecular complexity index is 1460. The van der Waals surface area contributed by atoms with Gasteiger partial charge in [-0.15, -0.1) is 0 Å². The minimum absolute atomic E-state index is 0.00744. The molecule has 1 atom stereocenters. The highest BCUT2D eigenvalue weighted by Crippen LogP contribution is 2.38. The van der Waals surface area contributed by atoms with Crippen molar-refractivity contribution in [1.82, 2.24) is 9.55 Å². The smallest absolute Gasteiger partial charge is 0.227 e. The van der Waals surface area contributed by atoms with Gasteiger partial charge in [-0.1, -0.05) is 24.3 Å². The molecule has 6 rings (SSSR count). The van der Waals surface area contributed by atoms with Gasteiger partial charge in [0.25, 0.3) is 0 Å². The minimum Gasteiger partial charge on any atom is -0.493 e. The van der Waals surface area contributed by atoms with Gasteiger partial charge in [0, 0.05) is 37.2 Å². The van der Waals surface area contributed by atoms with E-state index in [-0.39, 0.29) is 11.8 Å². The monoisotopic (exact) mass is 497 g/mol. The Morgan fingerprint density at radius 3 is 2.73 bits per heavy atom. The molecule has 4 aromatic rings. The number of ether oxygens (including phenoxy) is 3. The van der Waals surface area contributed by atoms with Gasteiger partial charge in [0.2, 0.25) is 5.91 Å². The molecular weight excluding hydrogens is 466 g/mol. The number of benzene rings is 3. The summed E-state index contributed by atoms with van der Waals surface area (Å²) in [5, 5.41) is 0. The number of para-hydroxylation sites is 2. The van der Waals surface area contributed by atoms with Gasteiger partial charge < -0.3 is 23.7 Å². The van der Waals surface area contributed by atoms with Crippen LogP contribution in [0.5, 0.6) is 17.2 Å². The van der Waals surface area contributed by atoms with Gasteiger partial charge >= 0.3 is 0 Å². The molecule has 1 saturated heterocycles. The van der Waals surface area contributed by atoms with Crippen LogP contribution in [-0.4, -0.2) is 41.8 Å². The summed E-state index contributed by atoms with van der Waals surface area (Å²) < 4.78 is 19.8. The summed E-state index contributed by atoms with van der Waals surface area (Å²) in [6.45, 7) is 7.18. The number of anilines is 1. The van der Waals surface area contributed by atoms with Crippen LogP contribution in [0.1, 0.15) is 35.7 Å². The van der Waals surface area contributed by atoms with E-state index >= 15 is 0 Å². The maximum Gasteiger partial charge on any atom is 0.227 e. The summed E-state index contributed by atoms with van der Waals surface area (Å²) in [6, 6.07) is 20.2. The molecule has 3 heterocycles. The number of nitrogens with zero attached hydrogens (tertiary/aromatic N) is 3. The topological polar surface area (TPSA) is 65.8 Å². The third-order valence-electron chi connectivity index (χ3n) is 7.14. The predicted octanol–water partition coefficient (Wildman–Crippen LogP) is 5.41. The average molecular weight is 498 g/mol. The fraction of sp³-hybridized carbons (Fsp3) is 0.333. The van der Waals surface area contributed by atoms with Crippen molar-refractivity contribution in [2.45, 2.75) is 39.2 Å². The SMILES string of the molecule is Cc1ccc(C)c(OCCCn2c(C3CC(=O)N(c4ccc5c(c4)OCCO5)C3)nc3ccccc32)c1. The minimum atomic E-state index is 0.00744. The van der Waals surface area contributed by atoms with E-state index in [0.717, 1.165) is 52.6 Å². The first-order valence-corrected chi connectivity index (χ1v) is 12.9. The van der Waals surface area contributed by atoms with Crippen LogP contribution in [0, 0.1) is 13.8 Å². The molecule has 0 aliphatic carbocycles. The number of fused-ring (bicyclic) bond motifs is 2. The first kappa shape index (κ1) is 23.4. The van der Waals surface area contributed by atoms with E-state index in [1.54, 1.807) is 0 Å². The fourth-order valence-electron chi connectivity index (χ4n) is 5.24. The van der Waals surface area contributed by atoms with Crippen LogP contribution in [0.15, 0.2) is 60.7 Å². The molecule has 1 aromatic heterocycles. The zero-order valence-electron chi connectivity index (χ0n) is 21.3. The van der Waals surface area contributed by atoms with Gasteiger partial charge in [-0.2, -0.15) is 0 Å². The molecule has 2 aliphatic heterocycles. The first-order chi connectivity index (χ1) is 18.1. The number of aromatic nitrogens is 2. The summed E-state index contributed by atoms with van der Waals surface area (Å²) >= 11 is 0. The molecule has 0 N–H and O–H groups in total. The van der Waals surface area contributed by atoms with E-state index in [9.17, 15) is 4.79 Å². The molecule has 1 amide bonds. The van der Waals surface area contributed by atoms with Crippen molar-refractivity contribution < 1.29 is 19.0 Å². The first-order valence-electron chi connectivity index (χ1n) is 12.9. The van der Waals surface area contributed by atoms with Crippen LogP contribution in [0.3, 0.4) is 0 Å². The molecule has 37 heavy (non-hydrogen) atoms. The number of carbonyl (C=O) groups excluding carboxylic acids is 1. The normalized spacial score (nSPS) is 17.0. The quantitative estimate of drug-likeness (QED) is 0.319. The molecule has 1 fully saturated rings. The number of carbonyl (C=O) groups is 1. The van der Waals surface area contributed by atoms with Gasteiger partial charge in [-0.3, -0.25) is 4.79 Å². The summed E-state index contributed by atoms with van der Waals surface area (Å²) in [7, 11) is 0. The van der Waals surface area contributed by atoms with Crippen molar-refractivity contribution >= 4 is 22.6 Å². The van der Waals surface area contributed by atoms with Gasteiger partial charge in [0.05, 0.1) is 17.6 Å². The molecule has 7 heteroatoms. The van der Waals surface area contributed by atoms with E-state index in [0.29, 0.717) is 38.5 Å². The summed E-state index contributed by atoms with van der Waals surface area (Å²) in [4.78, 5) is 20.0. The van der Waals surface area contributed by atoms with Crippen molar-refractivity contribution in [1.29, 1.82) is 0 Å². The Balaban J connectivity index is 1.21. The molecule has 1 unspecified atom stereocenters. The standard InChI is InChI=1S/C30H31N3O4/c1-20-8-9-21(2)27(16-20)35-13-5-12-32-25-7-4-3-6-24(25)31-30(32)22-17-29(34)33(19-22)23-10-11-26-28(18-23)37-15-14-36-26/h3-4,6-11,16,18,22H,5,12-15,17,19H2,1-2H3. The Labute approximate surface area is 216 Å². The molecule has 7 nitrogen and oxygen atoms in total. The molecule has 0 saturated carbocycles. The van der Waals surface area contributed by atoms with Crippen molar-refractivity contribution in [2.75, 3.05) is 31.3 Å². The third-order valence-corrected chi connectivity index (χ3v) is 7.14. The van der Waals surface area contributed by atoms with Crippen LogP contribution >= 0.6 is 0 Å². The van der Waals surface area contributed by atoms with Gasteiger partial charge in [-0.25, -0.2) is 4.98 Å². The largest absolute Gasteiger partial charge is 0.493 e. The molecule has 3 aromatic carbocycles. The predicted molar refractivity (Wildman–Crippen MR) is 143 cm³/mol.